The Morgan fingerprint density at radius 3 is 2.03 bits per heavy atom. The van der Waals surface area contributed by atoms with Gasteiger partial charge in [0, 0.05) is 43.3 Å². The van der Waals surface area contributed by atoms with Gasteiger partial charge in [-0.3, -0.25) is 14.8 Å². The van der Waals surface area contributed by atoms with Gasteiger partial charge in [0.05, 0.1) is 0 Å². The van der Waals surface area contributed by atoms with E-state index in [2.05, 4.69) is 29.2 Å². The van der Waals surface area contributed by atoms with Gasteiger partial charge in [-0.05, 0) is 69.2 Å². The Labute approximate surface area is 215 Å². The molecule has 37 heavy (non-hydrogen) atoms. The second-order valence-corrected chi connectivity index (χ2v) is 9.54. The first kappa shape index (κ1) is 30.4. The van der Waals surface area contributed by atoms with Crippen LogP contribution in [0.1, 0.15) is 77.0 Å². The van der Waals surface area contributed by atoms with Gasteiger partial charge in [-0.1, -0.05) is 25.7 Å². The van der Waals surface area contributed by atoms with Crippen molar-refractivity contribution < 1.29 is 37.9 Å². The Morgan fingerprint density at radius 1 is 0.919 bits per heavy atom. The number of nitrogens with zero attached hydrogens (tertiary/aromatic N) is 2. The van der Waals surface area contributed by atoms with Crippen LogP contribution in [0.3, 0.4) is 0 Å². The molecule has 208 valence electrons. The first-order chi connectivity index (χ1) is 17.6. The summed E-state index contributed by atoms with van der Waals surface area (Å²) in [5.41, 5.74) is 3.94. The molecule has 3 rings (SSSR count). The zero-order chi connectivity index (χ0) is 27.3. The standard InChI is InChI=1S/C24H37N3O3.C2HF3O2/c28-23(25-30)12-4-1-2-9-19-27(24(29)20-10-5-6-11-20)22-15-13-21(14-16-22)26-17-7-3-8-18-26;3-2(4,5)1(6)7/h13-16,20,30H,1-12,17-19H2,(H,25,28);(H,6,7). The van der Waals surface area contributed by atoms with Gasteiger partial charge in [-0.15, -0.1) is 0 Å². The number of rotatable bonds is 10. The molecule has 1 aromatic rings. The summed E-state index contributed by atoms with van der Waals surface area (Å²) in [4.78, 5) is 37.6. The number of benzene rings is 1. The quantitative estimate of drug-likeness (QED) is 0.216. The predicted octanol–water partition coefficient (Wildman–Crippen LogP) is 5.29. The molecule has 3 N–H and O–H groups in total. The number of carbonyl (C=O) groups excluding carboxylic acids is 2. The highest BCUT2D eigenvalue weighted by Crippen LogP contribution is 2.30. The van der Waals surface area contributed by atoms with E-state index in [1.54, 1.807) is 5.48 Å². The lowest BCUT2D eigenvalue weighted by molar-refractivity contribution is -0.192. The second kappa shape index (κ2) is 15.4. The number of piperidine rings is 1. The lowest BCUT2D eigenvalue weighted by Crippen LogP contribution is -2.36. The van der Waals surface area contributed by atoms with Crippen LogP contribution in [-0.2, 0) is 14.4 Å². The number of hydroxylamine groups is 1. The molecule has 11 heteroatoms. The number of hydrogen-bond donors (Lipinski definition) is 3. The molecule has 1 saturated heterocycles. The monoisotopic (exact) mass is 529 g/mol. The summed E-state index contributed by atoms with van der Waals surface area (Å²) in [6.07, 6.45) is 7.02. The zero-order valence-corrected chi connectivity index (χ0v) is 21.1. The fourth-order valence-corrected chi connectivity index (χ4v) is 4.72. The molecule has 2 fully saturated rings. The van der Waals surface area contributed by atoms with Crippen LogP contribution in [0.4, 0.5) is 24.5 Å². The molecule has 2 aliphatic rings. The molecule has 1 saturated carbocycles. The minimum atomic E-state index is -5.08. The van der Waals surface area contributed by atoms with Crippen LogP contribution in [0.15, 0.2) is 24.3 Å². The highest BCUT2D eigenvalue weighted by Gasteiger charge is 2.38. The van der Waals surface area contributed by atoms with Gasteiger partial charge in [0.1, 0.15) is 0 Å². The van der Waals surface area contributed by atoms with Crippen molar-refractivity contribution in [2.24, 2.45) is 5.92 Å². The number of anilines is 2. The van der Waals surface area contributed by atoms with Crippen LogP contribution in [-0.4, -0.2) is 53.9 Å². The minimum Gasteiger partial charge on any atom is -0.475 e. The predicted molar refractivity (Wildman–Crippen MR) is 134 cm³/mol. The average Bonchev–Trinajstić information content (AvgIpc) is 3.43. The summed E-state index contributed by atoms with van der Waals surface area (Å²) in [6.45, 7) is 2.97. The highest BCUT2D eigenvalue weighted by atomic mass is 19.4. The van der Waals surface area contributed by atoms with Gasteiger partial charge in [0.15, 0.2) is 0 Å². The van der Waals surface area contributed by atoms with Gasteiger partial charge in [0.25, 0.3) is 0 Å². The number of unbranched alkanes of at least 4 members (excludes halogenated alkanes) is 3. The average molecular weight is 530 g/mol. The molecule has 1 aliphatic carbocycles. The second-order valence-electron chi connectivity index (χ2n) is 9.54. The van der Waals surface area contributed by atoms with Crippen molar-refractivity contribution in [1.29, 1.82) is 0 Å². The number of hydrogen-bond acceptors (Lipinski definition) is 5. The van der Waals surface area contributed by atoms with Crippen molar-refractivity contribution in [3.63, 3.8) is 0 Å². The number of aliphatic carboxylic acids is 1. The number of amides is 2. The van der Waals surface area contributed by atoms with E-state index >= 15 is 0 Å². The van der Waals surface area contributed by atoms with E-state index in [9.17, 15) is 22.8 Å². The first-order valence-electron chi connectivity index (χ1n) is 13.0. The van der Waals surface area contributed by atoms with Crippen molar-refractivity contribution in [3.8, 4) is 0 Å². The molecule has 0 atom stereocenters. The molecule has 0 spiro atoms. The first-order valence-corrected chi connectivity index (χ1v) is 13.0. The SMILES string of the molecule is O=C(CCCCCCN(C(=O)C1CCCC1)c1ccc(N2CCCCC2)cc1)NO.O=C(O)C(F)(F)F. The van der Waals surface area contributed by atoms with Gasteiger partial charge in [-0.2, -0.15) is 13.2 Å². The van der Waals surface area contributed by atoms with E-state index in [4.69, 9.17) is 15.1 Å². The molecule has 2 amide bonds. The van der Waals surface area contributed by atoms with E-state index in [0.29, 0.717) is 6.42 Å². The smallest absolute Gasteiger partial charge is 0.475 e. The molecule has 0 aromatic heterocycles. The fraction of sp³-hybridized carbons (Fsp3) is 0.654. The Bertz CT molecular complexity index is 852. The summed E-state index contributed by atoms with van der Waals surface area (Å²) >= 11 is 0. The number of halogens is 3. The van der Waals surface area contributed by atoms with Crippen molar-refractivity contribution in [1.82, 2.24) is 5.48 Å². The molecule has 1 aliphatic heterocycles. The van der Waals surface area contributed by atoms with E-state index in [0.717, 1.165) is 76.7 Å². The van der Waals surface area contributed by atoms with E-state index in [-0.39, 0.29) is 17.7 Å². The molecule has 0 bridgehead atoms. The van der Waals surface area contributed by atoms with Crippen molar-refractivity contribution in [3.05, 3.63) is 24.3 Å². The normalized spacial score (nSPS) is 16.1. The summed E-state index contributed by atoms with van der Waals surface area (Å²) < 4.78 is 31.7. The number of carbonyl (C=O) groups is 3. The van der Waals surface area contributed by atoms with Crippen molar-refractivity contribution in [2.45, 2.75) is 83.2 Å². The maximum Gasteiger partial charge on any atom is 0.490 e. The number of carboxylic acids is 1. The third-order valence-electron chi connectivity index (χ3n) is 6.76. The largest absolute Gasteiger partial charge is 0.490 e. The van der Waals surface area contributed by atoms with Gasteiger partial charge < -0.3 is 14.9 Å². The number of carboxylic acid groups (broad SMARTS) is 1. The molecular weight excluding hydrogens is 491 g/mol. The number of alkyl halides is 3. The van der Waals surface area contributed by atoms with E-state index < -0.39 is 12.1 Å². The van der Waals surface area contributed by atoms with Crippen molar-refractivity contribution >= 4 is 29.2 Å². The van der Waals surface area contributed by atoms with Crippen LogP contribution < -0.4 is 15.3 Å². The fourth-order valence-electron chi connectivity index (χ4n) is 4.72. The molecule has 1 heterocycles. The third-order valence-corrected chi connectivity index (χ3v) is 6.76. The van der Waals surface area contributed by atoms with Gasteiger partial charge in [0.2, 0.25) is 11.8 Å². The summed E-state index contributed by atoms with van der Waals surface area (Å²) in [7, 11) is 0. The van der Waals surface area contributed by atoms with Crippen LogP contribution in [0.5, 0.6) is 0 Å². The Balaban J connectivity index is 0.000000604. The molecule has 0 unspecified atom stereocenters. The summed E-state index contributed by atoms with van der Waals surface area (Å²) in [6, 6.07) is 8.57. The summed E-state index contributed by atoms with van der Waals surface area (Å²) in [5, 5.41) is 15.7. The molecule has 1 aromatic carbocycles. The number of nitrogens with one attached hydrogen (secondary N) is 1. The molecular formula is C26H38F3N3O5. The van der Waals surface area contributed by atoms with Crippen molar-refractivity contribution in [2.75, 3.05) is 29.4 Å². The molecule has 0 radical (unpaired) electrons. The highest BCUT2D eigenvalue weighted by molar-refractivity contribution is 5.95. The minimum absolute atomic E-state index is 0.167. The van der Waals surface area contributed by atoms with Crippen LogP contribution >= 0.6 is 0 Å². The van der Waals surface area contributed by atoms with Gasteiger partial charge in [-0.25, -0.2) is 10.3 Å². The lowest BCUT2D eigenvalue weighted by atomic mass is 10.0. The Hall–Kier alpha value is -2.82. The van der Waals surface area contributed by atoms with Crippen LogP contribution in [0.2, 0.25) is 0 Å². The van der Waals surface area contributed by atoms with E-state index in [1.807, 2.05) is 4.90 Å². The third kappa shape index (κ3) is 10.6. The topological polar surface area (TPSA) is 110 Å². The zero-order valence-electron chi connectivity index (χ0n) is 21.1. The lowest BCUT2D eigenvalue weighted by Gasteiger charge is -2.30. The Morgan fingerprint density at radius 2 is 1.49 bits per heavy atom. The van der Waals surface area contributed by atoms with Crippen LogP contribution in [0.25, 0.3) is 0 Å². The Kier molecular flexibility index (Phi) is 12.7. The van der Waals surface area contributed by atoms with E-state index in [1.165, 1.54) is 24.9 Å². The summed E-state index contributed by atoms with van der Waals surface area (Å²) in [5.74, 6) is -2.65. The van der Waals surface area contributed by atoms with Crippen LogP contribution in [0, 0.1) is 5.92 Å². The van der Waals surface area contributed by atoms with Gasteiger partial charge >= 0.3 is 12.1 Å². The maximum absolute atomic E-state index is 13.2. The maximum atomic E-state index is 13.2. The molecule has 8 nitrogen and oxygen atoms in total.